The number of benzene rings is 3. The van der Waals surface area contributed by atoms with Crippen molar-refractivity contribution in [3.63, 3.8) is 0 Å². The second kappa shape index (κ2) is 6.86. The van der Waals surface area contributed by atoms with Crippen LogP contribution in [0.15, 0.2) is 70.5 Å². The number of carbonyl (C=O) groups is 1. The Morgan fingerprint density at radius 3 is 2.43 bits per heavy atom. The van der Waals surface area contributed by atoms with E-state index in [1.807, 2.05) is 60.7 Å². The van der Waals surface area contributed by atoms with Gasteiger partial charge in [0.25, 0.3) is 5.91 Å². The Morgan fingerprint density at radius 1 is 1.00 bits per heavy atom. The first kappa shape index (κ1) is 15.6. The quantitative estimate of drug-likeness (QED) is 0.767. The average Bonchev–Trinajstić information content (AvgIpc) is 2.61. The van der Waals surface area contributed by atoms with Crippen LogP contribution in [0.2, 0.25) is 0 Å². The summed E-state index contributed by atoms with van der Waals surface area (Å²) in [5.41, 5.74) is 1.54. The molecular weight excluding hydrogens is 306 g/mol. The second-order valence-electron chi connectivity index (χ2n) is 5.11. The Balaban J connectivity index is 2.11. The molecule has 4 heteroatoms. The molecule has 23 heavy (non-hydrogen) atoms. The first-order chi connectivity index (χ1) is 11.2. The van der Waals surface area contributed by atoms with Gasteiger partial charge >= 0.3 is 0 Å². The van der Waals surface area contributed by atoms with Crippen molar-refractivity contribution >= 4 is 28.4 Å². The molecule has 0 aliphatic heterocycles. The lowest BCUT2D eigenvalue weighted by molar-refractivity contribution is 0.0960. The Labute approximate surface area is 139 Å². The number of aliphatic hydroxyl groups excluding tert-OH is 1. The zero-order valence-corrected chi connectivity index (χ0v) is 13.6. The van der Waals surface area contributed by atoms with Crippen LogP contribution in [0.3, 0.4) is 0 Å². The number of carbonyl (C=O) groups excluding carboxylic acids is 1. The molecule has 0 saturated heterocycles. The molecule has 0 fully saturated rings. The van der Waals surface area contributed by atoms with Gasteiger partial charge < -0.3 is 10.4 Å². The molecule has 0 aliphatic carbocycles. The molecule has 116 valence electrons. The lowest BCUT2D eigenvalue weighted by Gasteiger charge is -2.12. The molecule has 0 heterocycles. The highest BCUT2D eigenvalue weighted by Crippen LogP contribution is 2.36. The predicted molar refractivity (Wildman–Crippen MR) is 93.8 cm³/mol. The minimum absolute atomic E-state index is 0.00793. The van der Waals surface area contributed by atoms with Gasteiger partial charge in [-0.3, -0.25) is 4.79 Å². The van der Waals surface area contributed by atoms with E-state index in [4.69, 9.17) is 0 Å². The van der Waals surface area contributed by atoms with Crippen LogP contribution in [-0.2, 0) is 6.61 Å². The van der Waals surface area contributed by atoms with Gasteiger partial charge in [-0.2, -0.15) is 0 Å². The number of hydrogen-bond donors (Lipinski definition) is 2. The maximum atomic E-state index is 12.0. The van der Waals surface area contributed by atoms with Crippen LogP contribution in [0.5, 0.6) is 0 Å². The van der Waals surface area contributed by atoms with Crippen molar-refractivity contribution in [1.82, 2.24) is 5.32 Å². The molecule has 0 atom stereocenters. The highest BCUT2D eigenvalue weighted by atomic mass is 32.2. The van der Waals surface area contributed by atoms with E-state index in [9.17, 15) is 9.90 Å². The van der Waals surface area contributed by atoms with Gasteiger partial charge in [0.15, 0.2) is 0 Å². The summed E-state index contributed by atoms with van der Waals surface area (Å²) < 4.78 is 0. The predicted octanol–water partition coefficient (Wildman–Crippen LogP) is 3.84. The Bertz CT molecular complexity index is 856. The van der Waals surface area contributed by atoms with Crippen molar-refractivity contribution in [2.24, 2.45) is 0 Å². The van der Waals surface area contributed by atoms with Crippen LogP contribution in [0, 0.1) is 0 Å². The molecule has 0 saturated carbocycles. The van der Waals surface area contributed by atoms with Crippen LogP contribution >= 0.6 is 11.8 Å². The first-order valence-corrected chi connectivity index (χ1v) is 8.16. The van der Waals surface area contributed by atoms with Crippen LogP contribution in [0.25, 0.3) is 10.8 Å². The van der Waals surface area contributed by atoms with Gasteiger partial charge in [-0.25, -0.2) is 0 Å². The largest absolute Gasteiger partial charge is 0.392 e. The number of aliphatic hydroxyl groups is 1. The second-order valence-corrected chi connectivity index (χ2v) is 6.19. The van der Waals surface area contributed by atoms with Crippen LogP contribution < -0.4 is 5.32 Å². The highest BCUT2D eigenvalue weighted by molar-refractivity contribution is 7.99. The maximum absolute atomic E-state index is 12.0. The molecule has 3 aromatic rings. The minimum atomic E-state index is -0.101. The number of hydrogen-bond acceptors (Lipinski definition) is 3. The molecule has 0 aliphatic rings. The summed E-state index contributed by atoms with van der Waals surface area (Å²) in [6, 6.07) is 19.5. The summed E-state index contributed by atoms with van der Waals surface area (Å²) in [6.45, 7) is -0.00793. The van der Waals surface area contributed by atoms with E-state index in [-0.39, 0.29) is 12.5 Å². The number of rotatable bonds is 4. The topological polar surface area (TPSA) is 49.3 Å². The molecule has 2 N–H and O–H groups in total. The van der Waals surface area contributed by atoms with E-state index >= 15 is 0 Å². The summed E-state index contributed by atoms with van der Waals surface area (Å²) >= 11 is 1.54. The van der Waals surface area contributed by atoms with E-state index in [2.05, 4.69) is 5.32 Å². The van der Waals surface area contributed by atoms with E-state index in [1.165, 1.54) is 0 Å². The van der Waals surface area contributed by atoms with Crippen molar-refractivity contribution < 1.29 is 9.90 Å². The fourth-order valence-corrected chi connectivity index (χ4v) is 3.75. The van der Waals surface area contributed by atoms with E-state index in [0.29, 0.717) is 5.56 Å². The fourth-order valence-electron chi connectivity index (χ4n) is 2.60. The van der Waals surface area contributed by atoms with Crippen LogP contribution in [0.1, 0.15) is 15.9 Å². The van der Waals surface area contributed by atoms with Gasteiger partial charge in [-0.15, -0.1) is 0 Å². The van der Waals surface area contributed by atoms with E-state index < -0.39 is 0 Å². The molecular formula is C19H17NO2S. The average molecular weight is 323 g/mol. The van der Waals surface area contributed by atoms with E-state index in [1.54, 1.807) is 18.8 Å². The fraction of sp³-hybridized carbons (Fsp3) is 0.105. The van der Waals surface area contributed by atoms with E-state index in [0.717, 1.165) is 26.1 Å². The summed E-state index contributed by atoms with van der Waals surface area (Å²) in [4.78, 5) is 14.0. The molecule has 3 nitrogen and oxygen atoms in total. The van der Waals surface area contributed by atoms with Gasteiger partial charge in [-0.1, -0.05) is 54.2 Å². The lowest BCUT2D eigenvalue weighted by atomic mass is 10.1. The van der Waals surface area contributed by atoms with Gasteiger partial charge in [0.05, 0.1) is 12.2 Å². The molecule has 0 radical (unpaired) electrons. The summed E-state index contributed by atoms with van der Waals surface area (Å²) in [6.07, 6.45) is 0. The molecule has 1 amide bonds. The van der Waals surface area contributed by atoms with Gasteiger partial charge in [0, 0.05) is 22.2 Å². The van der Waals surface area contributed by atoms with Crippen LogP contribution in [-0.4, -0.2) is 18.1 Å². The third-order valence-electron chi connectivity index (χ3n) is 3.70. The summed E-state index contributed by atoms with van der Waals surface area (Å²) in [5, 5.41) is 14.4. The molecule has 0 spiro atoms. The van der Waals surface area contributed by atoms with Crippen molar-refractivity contribution in [2.45, 2.75) is 16.4 Å². The zero-order valence-electron chi connectivity index (χ0n) is 12.7. The molecule has 0 bridgehead atoms. The highest BCUT2D eigenvalue weighted by Gasteiger charge is 2.13. The van der Waals surface area contributed by atoms with Crippen molar-refractivity contribution in [3.05, 3.63) is 71.8 Å². The maximum Gasteiger partial charge on any atom is 0.252 e. The Kier molecular flexibility index (Phi) is 4.65. The molecule has 0 unspecified atom stereocenters. The molecule has 0 aromatic heterocycles. The summed E-state index contributed by atoms with van der Waals surface area (Å²) in [5.74, 6) is -0.101. The van der Waals surface area contributed by atoms with Crippen molar-refractivity contribution in [2.75, 3.05) is 7.05 Å². The number of amides is 1. The lowest BCUT2D eigenvalue weighted by Crippen LogP contribution is -2.18. The molecule has 3 aromatic carbocycles. The Hall–Kier alpha value is -2.30. The van der Waals surface area contributed by atoms with Crippen LogP contribution in [0.4, 0.5) is 0 Å². The SMILES string of the molecule is CNC(=O)c1ccccc1Sc1cccc2cccc(CO)c12. The zero-order chi connectivity index (χ0) is 16.2. The third-order valence-corrected chi connectivity index (χ3v) is 4.84. The smallest absolute Gasteiger partial charge is 0.252 e. The number of nitrogens with one attached hydrogen (secondary N) is 1. The summed E-state index contributed by atoms with van der Waals surface area (Å²) in [7, 11) is 1.63. The standard InChI is InChI=1S/C19H17NO2S/c1-20-19(22)15-9-2-3-10-16(15)23-17-11-5-7-13-6-4-8-14(12-21)18(13)17/h2-11,21H,12H2,1H3,(H,20,22). The minimum Gasteiger partial charge on any atom is -0.392 e. The molecule has 3 rings (SSSR count). The van der Waals surface area contributed by atoms with Gasteiger partial charge in [0.2, 0.25) is 0 Å². The van der Waals surface area contributed by atoms with Crippen molar-refractivity contribution in [3.8, 4) is 0 Å². The Morgan fingerprint density at radius 2 is 1.70 bits per heavy atom. The van der Waals surface area contributed by atoms with Gasteiger partial charge in [-0.05, 0) is 29.1 Å². The van der Waals surface area contributed by atoms with Crippen molar-refractivity contribution in [1.29, 1.82) is 0 Å². The monoisotopic (exact) mass is 323 g/mol. The normalized spacial score (nSPS) is 10.7. The van der Waals surface area contributed by atoms with Gasteiger partial charge in [0.1, 0.15) is 0 Å². The first-order valence-electron chi connectivity index (χ1n) is 7.35. The number of fused-ring (bicyclic) bond motifs is 1. The third kappa shape index (κ3) is 3.09.